The van der Waals surface area contributed by atoms with Crippen LogP contribution in [-0.4, -0.2) is 30.3 Å². The van der Waals surface area contributed by atoms with Crippen LogP contribution in [0.15, 0.2) is 12.1 Å². The first-order valence-corrected chi connectivity index (χ1v) is 7.68. The number of aryl methyl sites for hydroxylation is 3. The summed E-state index contributed by atoms with van der Waals surface area (Å²) in [5.41, 5.74) is 3.54. The van der Waals surface area contributed by atoms with Gasteiger partial charge in [-0.25, -0.2) is 4.79 Å². The molecule has 0 bridgehead atoms. The van der Waals surface area contributed by atoms with E-state index in [4.69, 9.17) is 4.74 Å². The average Bonchev–Trinajstić information content (AvgIpc) is 2.45. The topological polar surface area (TPSA) is 72.5 Å². The molecule has 0 fully saturated rings. The van der Waals surface area contributed by atoms with Gasteiger partial charge in [-0.2, -0.15) is 0 Å². The molecule has 0 saturated heterocycles. The zero-order valence-corrected chi connectivity index (χ0v) is 14.6. The summed E-state index contributed by atoms with van der Waals surface area (Å²) in [5.74, 6) is -1.27. The summed E-state index contributed by atoms with van der Waals surface area (Å²) in [7, 11) is 0. The number of Topliss-reactive ketones (excluding diaryl/α,β-unsaturated/α-hetero) is 1. The minimum Gasteiger partial charge on any atom is -0.456 e. The van der Waals surface area contributed by atoms with Gasteiger partial charge in [0.05, 0.1) is 0 Å². The van der Waals surface area contributed by atoms with E-state index in [0.717, 1.165) is 16.7 Å². The Morgan fingerprint density at radius 1 is 1.04 bits per heavy atom. The summed E-state index contributed by atoms with van der Waals surface area (Å²) < 4.78 is 5.10. The Morgan fingerprint density at radius 2 is 1.61 bits per heavy atom. The standard InChI is InChI=1S/C18H25NO4/c1-10(2)17(19-14(6)20)18(22)23-9-16(21)15-8-12(4)11(3)7-13(15)5/h7-8,10,17H,9H2,1-6H3,(H,19,20). The molecule has 126 valence electrons. The van der Waals surface area contributed by atoms with E-state index in [1.165, 1.54) is 6.92 Å². The minimum atomic E-state index is -0.749. The molecule has 5 nitrogen and oxygen atoms in total. The van der Waals surface area contributed by atoms with E-state index in [-0.39, 0.29) is 24.2 Å². The summed E-state index contributed by atoms with van der Waals surface area (Å²) in [6.07, 6.45) is 0. The number of hydrogen-bond acceptors (Lipinski definition) is 4. The van der Waals surface area contributed by atoms with Gasteiger partial charge >= 0.3 is 5.97 Å². The average molecular weight is 319 g/mol. The number of rotatable bonds is 6. The molecule has 1 N–H and O–H groups in total. The van der Waals surface area contributed by atoms with Crippen molar-refractivity contribution in [3.63, 3.8) is 0 Å². The first-order chi connectivity index (χ1) is 10.6. The maximum absolute atomic E-state index is 12.3. The van der Waals surface area contributed by atoms with Crippen molar-refractivity contribution in [3.05, 3.63) is 34.4 Å². The lowest BCUT2D eigenvalue weighted by Gasteiger charge is -2.20. The van der Waals surface area contributed by atoms with Crippen LogP contribution in [0.5, 0.6) is 0 Å². The second kappa shape index (κ2) is 7.90. The highest BCUT2D eigenvalue weighted by molar-refractivity contribution is 5.99. The van der Waals surface area contributed by atoms with E-state index in [1.54, 1.807) is 13.8 Å². The molecule has 0 aliphatic rings. The summed E-state index contributed by atoms with van der Waals surface area (Å²) >= 11 is 0. The third-order valence-electron chi connectivity index (χ3n) is 3.77. The fourth-order valence-corrected chi connectivity index (χ4v) is 2.28. The minimum absolute atomic E-state index is 0.121. The summed E-state index contributed by atoms with van der Waals surface area (Å²) in [5, 5.41) is 2.55. The van der Waals surface area contributed by atoms with Gasteiger partial charge in [0.2, 0.25) is 11.7 Å². The van der Waals surface area contributed by atoms with E-state index in [0.29, 0.717) is 5.56 Å². The van der Waals surface area contributed by atoms with Crippen molar-refractivity contribution in [2.45, 2.75) is 47.6 Å². The van der Waals surface area contributed by atoms with E-state index in [9.17, 15) is 14.4 Å². The molecule has 1 rings (SSSR count). The zero-order chi connectivity index (χ0) is 17.7. The first-order valence-electron chi connectivity index (χ1n) is 7.68. The third-order valence-corrected chi connectivity index (χ3v) is 3.77. The van der Waals surface area contributed by atoms with Crippen molar-refractivity contribution in [1.29, 1.82) is 0 Å². The van der Waals surface area contributed by atoms with E-state index in [1.807, 2.05) is 32.9 Å². The largest absolute Gasteiger partial charge is 0.456 e. The molecule has 0 aliphatic heterocycles. The molecule has 23 heavy (non-hydrogen) atoms. The number of carbonyl (C=O) groups excluding carboxylic acids is 3. The molecule has 0 aliphatic carbocycles. The van der Waals surface area contributed by atoms with Crippen LogP contribution >= 0.6 is 0 Å². The molecule has 5 heteroatoms. The molecule has 0 saturated carbocycles. The molecule has 0 aromatic heterocycles. The SMILES string of the molecule is CC(=O)NC(C(=O)OCC(=O)c1cc(C)c(C)cc1C)C(C)C. The number of ketones is 1. The van der Waals surface area contributed by atoms with Gasteiger partial charge in [-0.15, -0.1) is 0 Å². The van der Waals surface area contributed by atoms with Crippen molar-refractivity contribution >= 4 is 17.7 Å². The van der Waals surface area contributed by atoms with Crippen LogP contribution in [0, 0.1) is 26.7 Å². The molecule has 1 aromatic carbocycles. The zero-order valence-electron chi connectivity index (χ0n) is 14.6. The lowest BCUT2D eigenvalue weighted by Crippen LogP contribution is -2.44. The number of hydrogen-bond donors (Lipinski definition) is 1. The first kappa shape index (κ1) is 18.9. The summed E-state index contributed by atoms with van der Waals surface area (Å²) in [6, 6.07) is 3.01. The Kier molecular flexibility index (Phi) is 6.49. The van der Waals surface area contributed by atoms with Crippen LogP contribution in [0.25, 0.3) is 0 Å². The van der Waals surface area contributed by atoms with E-state index < -0.39 is 12.0 Å². The van der Waals surface area contributed by atoms with Crippen molar-refractivity contribution in [2.75, 3.05) is 6.61 Å². The number of amides is 1. The normalized spacial score (nSPS) is 12.0. The predicted octanol–water partition coefficient (Wildman–Crippen LogP) is 2.50. The molecular weight excluding hydrogens is 294 g/mol. The van der Waals surface area contributed by atoms with Crippen LogP contribution in [0.2, 0.25) is 0 Å². The van der Waals surface area contributed by atoms with Crippen molar-refractivity contribution < 1.29 is 19.1 Å². The highest BCUT2D eigenvalue weighted by Crippen LogP contribution is 2.16. The van der Waals surface area contributed by atoms with Crippen molar-refractivity contribution in [1.82, 2.24) is 5.32 Å². The highest BCUT2D eigenvalue weighted by Gasteiger charge is 2.25. The van der Waals surface area contributed by atoms with Crippen molar-refractivity contribution in [2.24, 2.45) is 5.92 Å². The number of esters is 1. The maximum atomic E-state index is 12.3. The maximum Gasteiger partial charge on any atom is 0.329 e. The molecule has 1 atom stereocenters. The Balaban J connectivity index is 2.77. The lowest BCUT2D eigenvalue weighted by atomic mass is 9.98. The molecule has 1 unspecified atom stereocenters. The van der Waals surface area contributed by atoms with Gasteiger partial charge in [0, 0.05) is 12.5 Å². The number of ether oxygens (including phenoxy) is 1. The second-order valence-corrected chi connectivity index (χ2v) is 6.20. The van der Waals surface area contributed by atoms with Crippen LogP contribution in [-0.2, 0) is 14.3 Å². The quantitative estimate of drug-likeness (QED) is 0.646. The molecule has 0 radical (unpaired) electrons. The van der Waals surface area contributed by atoms with Crippen LogP contribution < -0.4 is 5.32 Å². The fourth-order valence-electron chi connectivity index (χ4n) is 2.28. The van der Waals surface area contributed by atoms with E-state index in [2.05, 4.69) is 5.32 Å². The van der Waals surface area contributed by atoms with Gasteiger partial charge in [-0.05, 0) is 49.4 Å². The number of benzene rings is 1. The van der Waals surface area contributed by atoms with Gasteiger partial charge in [-0.3, -0.25) is 9.59 Å². The Bertz CT molecular complexity index is 620. The van der Waals surface area contributed by atoms with E-state index >= 15 is 0 Å². The van der Waals surface area contributed by atoms with Gasteiger partial charge in [-0.1, -0.05) is 19.9 Å². The third kappa shape index (κ3) is 5.20. The number of carbonyl (C=O) groups is 3. The predicted molar refractivity (Wildman–Crippen MR) is 88.4 cm³/mol. The lowest BCUT2D eigenvalue weighted by molar-refractivity contribution is -0.147. The second-order valence-electron chi connectivity index (χ2n) is 6.20. The smallest absolute Gasteiger partial charge is 0.329 e. The summed E-state index contributed by atoms with van der Waals surface area (Å²) in [6.45, 7) is 10.4. The highest BCUT2D eigenvalue weighted by atomic mass is 16.5. The monoisotopic (exact) mass is 319 g/mol. The van der Waals surface area contributed by atoms with Crippen LogP contribution in [0.1, 0.15) is 47.8 Å². The van der Waals surface area contributed by atoms with Crippen LogP contribution in [0.3, 0.4) is 0 Å². The Hall–Kier alpha value is -2.17. The van der Waals surface area contributed by atoms with Gasteiger partial charge in [0.25, 0.3) is 0 Å². The van der Waals surface area contributed by atoms with Gasteiger partial charge < -0.3 is 10.1 Å². The van der Waals surface area contributed by atoms with Gasteiger partial charge in [0.1, 0.15) is 6.04 Å². The molecule has 1 amide bonds. The molecular formula is C18H25NO4. The molecule has 1 aromatic rings. The fraction of sp³-hybridized carbons (Fsp3) is 0.500. The summed E-state index contributed by atoms with van der Waals surface area (Å²) in [4.78, 5) is 35.5. The van der Waals surface area contributed by atoms with Crippen LogP contribution in [0.4, 0.5) is 0 Å². The van der Waals surface area contributed by atoms with Crippen molar-refractivity contribution in [3.8, 4) is 0 Å². The number of nitrogens with one attached hydrogen (secondary N) is 1. The van der Waals surface area contributed by atoms with Gasteiger partial charge in [0.15, 0.2) is 6.61 Å². The molecule has 0 spiro atoms. The molecule has 0 heterocycles. The Morgan fingerprint density at radius 3 is 2.13 bits per heavy atom. The Labute approximate surface area is 137 Å².